The van der Waals surface area contributed by atoms with E-state index in [1.54, 1.807) is 6.20 Å². The van der Waals surface area contributed by atoms with Crippen molar-refractivity contribution in [3.63, 3.8) is 0 Å². The number of rotatable bonds is 4. The minimum atomic E-state index is 0.100. The van der Waals surface area contributed by atoms with Crippen LogP contribution in [0, 0.1) is 12.8 Å². The Balaban J connectivity index is 1.67. The maximum absolute atomic E-state index is 12.0. The molecule has 21 heavy (non-hydrogen) atoms. The fourth-order valence-corrected chi connectivity index (χ4v) is 2.80. The van der Waals surface area contributed by atoms with Crippen LogP contribution in [0.25, 0.3) is 10.9 Å². The Morgan fingerprint density at radius 2 is 2.33 bits per heavy atom. The maximum atomic E-state index is 12.0. The van der Waals surface area contributed by atoms with Gasteiger partial charge in [-0.2, -0.15) is 0 Å². The SMILES string of the molecule is Cc1ccc(CNC(=O)C[C@@H]2CCOC2)c2cccnc12. The summed E-state index contributed by atoms with van der Waals surface area (Å²) < 4.78 is 5.30. The lowest BCUT2D eigenvalue weighted by atomic mass is 10.0. The second kappa shape index (κ2) is 6.22. The number of carbonyl (C=O) groups excluding carboxylic acids is 1. The standard InChI is InChI=1S/C17H20N2O2/c1-12-4-5-14(15-3-2-7-18-17(12)15)10-19-16(20)9-13-6-8-21-11-13/h2-5,7,13H,6,8-11H2,1H3,(H,19,20)/t13-/m0/s1. The molecule has 3 rings (SSSR count). The fourth-order valence-electron chi connectivity index (χ4n) is 2.80. The van der Waals surface area contributed by atoms with E-state index in [0.29, 0.717) is 25.5 Å². The van der Waals surface area contributed by atoms with Crippen molar-refractivity contribution < 1.29 is 9.53 Å². The molecule has 0 saturated carbocycles. The van der Waals surface area contributed by atoms with Crippen molar-refractivity contribution in [2.75, 3.05) is 13.2 Å². The van der Waals surface area contributed by atoms with Crippen LogP contribution in [0.5, 0.6) is 0 Å². The molecule has 1 amide bonds. The van der Waals surface area contributed by atoms with Crippen LogP contribution in [-0.4, -0.2) is 24.1 Å². The van der Waals surface area contributed by atoms with Crippen LogP contribution in [0.2, 0.25) is 0 Å². The number of pyridine rings is 1. The van der Waals surface area contributed by atoms with Crippen molar-refractivity contribution in [1.82, 2.24) is 10.3 Å². The van der Waals surface area contributed by atoms with E-state index in [9.17, 15) is 4.79 Å². The Bertz CT molecular complexity index is 648. The lowest BCUT2D eigenvalue weighted by Crippen LogP contribution is -2.25. The van der Waals surface area contributed by atoms with Crippen LogP contribution < -0.4 is 5.32 Å². The van der Waals surface area contributed by atoms with Gasteiger partial charge in [-0.1, -0.05) is 18.2 Å². The molecule has 1 aromatic heterocycles. The number of aromatic nitrogens is 1. The average molecular weight is 284 g/mol. The van der Waals surface area contributed by atoms with E-state index in [4.69, 9.17) is 4.74 Å². The van der Waals surface area contributed by atoms with Crippen LogP contribution in [0.1, 0.15) is 24.0 Å². The molecule has 0 bridgehead atoms. The van der Waals surface area contributed by atoms with Crippen molar-refractivity contribution in [2.45, 2.75) is 26.3 Å². The van der Waals surface area contributed by atoms with Gasteiger partial charge in [0.1, 0.15) is 0 Å². The van der Waals surface area contributed by atoms with Crippen LogP contribution in [0.4, 0.5) is 0 Å². The quantitative estimate of drug-likeness (QED) is 0.939. The molecule has 0 aliphatic carbocycles. The lowest BCUT2D eigenvalue weighted by Gasteiger charge is -2.11. The minimum Gasteiger partial charge on any atom is -0.381 e. The number of aryl methyl sites for hydroxylation is 1. The normalized spacial score (nSPS) is 18.0. The third-order valence-electron chi connectivity index (χ3n) is 4.04. The van der Waals surface area contributed by atoms with E-state index in [1.807, 2.05) is 6.07 Å². The molecule has 1 aliphatic rings. The smallest absolute Gasteiger partial charge is 0.220 e. The summed E-state index contributed by atoms with van der Waals surface area (Å²) in [4.78, 5) is 16.4. The molecular weight excluding hydrogens is 264 g/mol. The highest BCUT2D eigenvalue weighted by Gasteiger charge is 2.19. The Hall–Kier alpha value is -1.94. The van der Waals surface area contributed by atoms with Crippen LogP contribution in [-0.2, 0) is 16.1 Å². The molecule has 1 atom stereocenters. The number of ether oxygens (including phenoxy) is 1. The van der Waals surface area contributed by atoms with Crippen LogP contribution >= 0.6 is 0 Å². The van der Waals surface area contributed by atoms with Gasteiger partial charge < -0.3 is 10.1 Å². The van der Waals surface area contributed by atoms with E-state index >= 15 is 0 Å². The molecule has 2 heterocycles. The van der Waals surface area contributed by atoms with Gasteiger partial charge in [0.2, 0.25) is 5.91 Å². The zero-order valence-electron chi connectivity index (χ0n) is 12.3. The summed E-state index contributed by atoms with van der Waals surface area (Å²) in [5.41, 5.74) is 3.27. The summed E-state index contributed by atoms with van der Waals surface area (Å²) in [5, 5.41) is 4.13. The van der Waals surface area contributed by atoms with Gasteiger partial charge in [-0.3, -0.25) is 9.78 Å². The number of hydrogen-bond acceptors (Lipinski definition) is 3. The number of carbonyl (C=O) groups is 1. The Morgan fingerprint density at radius 3 is 3.14 bits per heavy atom. The van der Waals surface area contributed by atoms with E-state index in [1.165, 1.54) is 0 Å². The number of amides is 1. The summed E-state index contributed by atoms with van der Waals surface area (Å²) in [7, 11) is 0. The Labute approximate surface area is 124 Å². The Morgan fingerprint density at radius 1 is 1.43 bits per heavy atom. The largest absolute Gasteiger partial charge is 0.381 e. The van der Waals surface area contributed by atoms with Crippen molar-refractivity contribution in [2.24, 2.45) is 5.92 Å². The molecule has 0 unspecified atom stereocenters. The first kappa shape index (κ1) is 14.0. The zero-order chi connectivity index (χ0) is 14.7. The third kappa shape index (κ3) is 3.22. The second-order valence-corrected chi connectivity index (χ2v) is 5.65. The van der Waals surface area contributed by atoms with Gasteiger partial charge in [-0.15, -0.1) is 0 Å². The molecule has 110 valence electrons. The third-order valence-corrected chi connectivity index (χ3v) is 4.04. The predicted octanol–water partition coefficient (Wildman–Crippen LogP) is 2.59. The van der Waals surface area contributed by atoms with Crippen molar-refractivity contribution in [3.05, 3.63) is 41.6 Å². The van der Waals surface area contributed by atoms with E-state index in [0.717, 1.165) is 35.1 Å². The van der Waals surface area contributed by atoms with Crippen LogP contribution in [0.15, 0.2) is 30.5 Å². The lowest BCUT2D eigenvalue weighted by molar-refractivity contribution is -0.122. The highest BCUT2D eigenvalue weighted by atomic mass is 16.5. The highest BCUT2D eigenvalue weighted by Crippen LogP contribution is 2.20. The van der Waals surface area contributed by atoms with E-state index < -0.39 is 0 Å². The van der Waals surface area contributed by atoms with E-state index in [2.05, 4.69) is 35.4 Å². The number of nitrogens with zero attached hydrogens (tertiary/aromatic N) is 1. The average Bonchev–Trinajstić information content (AvgIpc) is 3.00. The number of hydrogen-bond donors (Lipinski definition) is 1. The summed E-state index contributed by atoms with van der Waals surface area (Å²) in [6.45, 7) is 4.10. The van der Waals surface area contributed by atoms with Gasteiger partial charge in [-0.05, 0) is 36.5 Å². The summed E-state index contributed by atoms with van der Waals surface area (Å²) in [6.07, 6.45) is 3.35. The predicted molar refractivity (Wildman–Crippen MR) is 81.9 cm³/mol. The van der Waals surface area contributed by atoms with E-state index in [-0.39, 0.29) is 5.91 Å². The van der Waals surface area contributed by atoms with Gasteiger partial charge in [0, 0.05) is 37.8 Å². The minimum absolute atomic E-state index is 0.100. The molecule has 2 aromatic rings. The second-order valence-electron chi connectivity index (χ2n) is 5.65. The van der Waals surface area contributed by atoms with Crippen molar-refractivity contribution >= 4 is 16.8 Å². The van der Waals surface area contributed by atoms with Gasteiger partial charge in [0.25, 0.3) is 0 Å². The van der Waals surface area contributed by atoms with Gasteiger partial charge in [0.05, 0.1) is 5.52 Å². The summed E-state index contributed by atoms with van der Waals surface area (Å²) in [5.74, 6) is 0.476. The van der Waals surface area contributed by atoms with Crippen molar-refractivity contribution in [3.8, 4) is 0 Å². The first-order valence-corrected chi connectivity index (χ1v) is 7.41. The summed E-state index contributed by atoms with van der Waals surface area (Å²) >= 11 is 0. The first-order chi connectivity index (χ1) is 10.2. The van der Waals surface area contributed by atoms with Crippen molar-refractivity contribution in [1.29, 1.82) is 0 Å². The molecule has 1 fully saturated rings. The van der Waals surface area contributed by atoms with Gasteiger partial charge in [-0.25, -0.2) is 0 Å². The molecule has 1 N–H and O–H groups in total. The van der Waals surface area contributed by atoms with Gasteiger partial charge in [0.15, 0.2) is 0 Å². The monoisotopic (exact) mass is 284 g/mol. The number of benzene rings is 1. The zero-order valence-corrected chi connectivity index (χ0v) is 12.3. The maximum Gasteiger partial charge on any atom is 0.220 e. The molecule has 1 aliphatic heterocycles. The molecule has 4 heteroatoms. The highest BCUT2D eigenvalue weighted by molar-refractivity contribution is 5.85. The molecule has 4 nitrogen and oxygen atoms in total. The first-order valence-electron chi connectivity index (χ1n) is 7.41. The molecule has 1 saturated heterocycles. The molecule has 1 aromatic carbocycles. The molecular formula is C17H20N2O2. The number of nitrogens with one attached hydrogen (secondary N) is 1. The molecule has 0 spiro atoms. The van der Waals surface area contributed by atoms with Crippen LogP contribution in [0.3, 0.4) is 0 Å². The summed E-state index contributed by atoms with van der Waals surface area (Å²) in [6, 6.07) is 8.12. The topological polar surface area (TPSA) is 51.2 Å². The van der Waals surface area contributed by atoms with Gasteiger partial charge >= 0.3 is 0 Å². The Kier molecular flexibility index (Phi) is 4.15. The number of fused-ring (bicyclic) bond motifs is 1. The fraction of sp³-hybridized carbons (Fsp3) is 0.412. The molecule has 0 radical (unpaired) electrons.